The normalized spacial score (nSPS) is 22.2. The zero-order chi connectivity index (χ0) is 16.8. The van der Waals surface area contributed by atoms with Gasteiger partial charge in [-0.1, -0.05) is 3.77 Å². The van der Waals surface area contributed by atoms with E-state index in [9.17, 15) is 22.2 Å². The standard InChI is InChI=1S/C11H19N3O6S2/c1-21(2,18)12-22(19,20)14-7-5-13(6-8-14)9(15)11(3-4-11)10(16)17/h3-8H2,1-2H3,(H,16,17). The van der Waals surface area contributed by atoms with Crippen LogP contribution in [0.2, 0.25) is 0 Å². The van der Waals surface area contributed by atoms with Crippen LogP contribution in [0.5, 0.6) is 0 Å². The summed E-state index contributed by atoms with van der Waals surface area (Å²) in [5.74, 6) is -1.58. The van der Waals surface area contributed by atoms with Gasteiger partial charge in [0, 0.05) is 38.7 Å². The molecule has 2 rings (SSSR count). The zero-order valence-electron chi connectivity index (χ0n) is 12.4. The van der Waals surface area contributed by atoms with Gasteiger partial charge in [-0.3, -0.25) is 9.59 Å². The van der Waals surface area contributed by atoms with Crippen LogP contribution < -0.4 is 0 Å². The van der Waals surface area contributed by atoms with Crippen molar-refractivity contribution in [2.45, 2.75) is 12.8 Å². The quantitative estimate of drug-likeness (QED) is 0.644. The summed E-state index contributed by atoms with van der Waals surface area (Å²) in [6.07, 6.45) is 3.10. The van der Waals surface area contributed by atoms with Crippen molar-refractivity contribution in [2.24, 2.45) is 9.18 Å². The molecule has 1 heterocycles. The van der Waals surface area contributed by atoms with E-state index in [-0.39, 0.29) is 26.2 Å². The average Bonchev–Trinajstić information content (AvgIpc) is 3.16. The SMILES string of the molecule is CS(C)(=O)=NS(=O)(=O)N1CCN(C(=O)C2(C(=O)O)CC2)CC1. The first-order chi connectivity index (χ1) is 9.98. The third-order valence-electron chi connectivity index (χ3n) is 3.69. The van der Waals surface area contributed by atoms with Gasteiger partial charge in [-0.2, -0.15) is 12.7 Å². The maximum Gasteiger partial charge on any atom is 0.330 e. The second-order valence-corrected chi connectivity index (χ2v) is 10.2. The van der Waals surface area contributed by atoms with Crippen LogP contribution in [-0.4, -0.2) is 77.5 Å². The highest BCUT2D eigenvalue weighted by atomic mass is 32.3. The van der Waals surface area contributed by atoms with Crippen LogP contribution in [-0.2, 0) is 29.5 Å². The van der Waals surface area contributed by atoms with Crippen LogP contribution in [0, 0.1) is 5.41 Å². The van der Waals surface area contributed by atoms with Crippen molar-refractivity contribution in [3.05, 3.63) is 0 Å². The Morgan fingerprint density at radius 2 is 1.55 bits per heavy atom. The predicted octanol–water partition coefficient (Wildman–Crippen LogP) is -1.03. The number of nitrogens with zero attached hydrogens (tertiary/aromatic N) is 3. The van der Waals surface area contributed by atoms with Crippen molar-refractivity contribution in [3.63, 3.8) is 0 Å². The molecule has 11 heteroatoms. The lowest BCUT2D eigenvalue weighted by Gasteiger charge is -2.34. The number of carbonyl (C=O) groups is 2. The molecule has 2 aliphatic rings. The highest BCUT2D eigenvalue weighted by molar-refractivity contribution is 8.01. The molecule has 1 amide bonds. The molecule has 126 valence electrons. The summed E-state index contributed by atoms with van der Waals surface area (Å²) in [6, 6.07) is 0. The van der Waals surface area contributed by atoms with Crippen molar-refractivity contribution in [1.29, 1.82) is 0 Å². The molecule has 0 radical (unpaired) electrons. The lowest BCUT2D eigenvalue weighted by Crippen LogP contribution is -2.53. The van der Waals surface area contributed by atoms with Crippen molar-refractivity contribution in [2.75, 3.05) is 38.7 Å². The molecular weight excluding hydrogens is 334 g/mol. The van der Waals surface area contributed by atoms with E-state index in [2.05, 4.69) is 3.77 Å². The van der Waals surface area contributed by atoms with Gasteiger partial charge in [-0.05, 0) is 12.8 Å². The van der Waals surface area contributed by atoms with Gasteiger partial charge < -0.3 is 10.0 Å². The lowest BCUT2D eigenvalue weighted by molar-refractivity contribution is -0.154. The third-order valence-corrected chi connectivity index (χ3v) is 6.90. The van der Waals surface area contributed by atoms with Crippen LogP contribution in [0.25, 0.3) is 0 Å². The maximum absolute atomic E-state index is 12.2. The Morgan fingerprint density at radius 1 is 1.05 bits per heavy atom. The number of hydrogen-bond acceptors (Lipinski definition) is 5. The highest BCUT2D eigenvalue weighted by Crippen LogP contribution is 2.47. The van der Waals surface area contributed by atoms with Gasteiger partial charge >= 0.3 is 16.2 Å². The predicted molar refractivity (Wildman–Crippen MR) is 78.8 cm³/mol. The fraction of sp³-hybridized carbons (Fsp3) is 0.818. The van der Waals surface area contributed by atoms with Gasteiger partial charge in [0.15, 0.2) is 0 Å². The third kappa shape index (κ3) is 3.41. The molecule has 1 saturated heterocycles. The number of carboxylic acids is 1. The Bertz CT molecular complexity index is 702. The Hall–Kier alpha value is -1.20. The van der Waals surface area contributed by atoms with Gasteiger partial charge in [-0.15, -0.1) is 0 Å². The van der Waals surface area contributed by atoms with Crippen LogP contribution in [0.4, 0.5) is 0 Å². The molecule has 22 heavy (non-hydrogen) atoms. The van der Waals surface area contributed by atoms with Crippen LogP contribution in [0.1, 0.15) is 12.8 Å². The Balaban J connectivity index is 2.04. The summed E-state index contributed by atoms with van der Waals surface area (Å²) in [4.78, 5) is 24.7. The maximum atomic E-state index is 12.2. The number of carboxylic acid groups (broad SMARTS) is 1. The minimum Gasteiger partial charge on any atom is -0.480 e. The summed E-state index contributed by atoms with van der Waals surface area (Å²) in [5, 5.41) is 9.11. The van der Waals surface area contributed by atoms with Crippen LogP contribution >= 0.6 is 0 Å². The zero-order valence-corrected chi connectivity index (χ0v) is 14.0. The number of carbonyl (C=O) groups excluding carboxylic acids is 1. The van der Waals surface area contributed by atoms with Crippen LogP contribution in [0.3, 0.4) is 0 Å². The smallest absolute Gasteiger partial charge is 0.330 e. The van der Waals surface area contributed by atoms with Crippen molar-refractivity contribution in [3.8, 4) is 0 Å². The van der Waals surface area contributed by atoms with E-state index in [1.54, 1.807) is 0 Å². The summed E-state index contributed by atoms with van der Waals surface area (Å²) in [5.41, 5.74) is -1.31. The van der Waals surface area contributed by atoms with Gasteiger partial charge in [0.1, 0.15) is 5.41 Å². The minimum absolute atomic E-state index is 0.0167. The molecule has 1 aliphatic heterocycles. The molecule has 1 aliphatic carbocycles. The van der Waals surface area contributed by atoms with E-state index in [0.717, 1.165) is 4.31 Å². The molecule has 0 aromatic heterocycles. The minimum atomic E-state index is -4.00. The number of rotatable bonds is 4. The van der Waals surface area contributed by atoms with E-state index < -0.39 is 37.2 Å². The van der Waals surface area contributed by atoms with E-state index in [0.29, 0.717) is 12.8 Å². The summed E-state index contributed by atoms with van der Waals surface area (Å²) >= 11 is 0. The molecule has 2 fully saturated rings. The first-order valence-electron chi connectivity index (χ1n) is 6.69. The topological polar surface area (TPSA) is 124 Å². The second-order valence-electron chi connectivity index (χ2n) is 5.81. The molecule has 0 spiro atoms. The molecule has 0 unspecified atom stereocenters. The fourth-order valence-electron chi connectivity index (χ4n) is 2.34. The van der Waals surface area contributed by atoms with E-state index in [4.69, 9.17) is 5.11 Å². The monoisotopic (exact) mass is 353 g/mol. The lowest BCUT2D eigenvalue weighted by atomic mass is 10.1. The summed E-state index contributed by atoms with van der Waals surface area (Å²) in [6.45, 7) is 0.250. The molecule has 0 aromatic carbocycles. The first-order valence-corrected chi connectivity index (χ1v) is 10.4. The number of hydrogen-bond donors (Lipinski definition) is 1. The van der Waals surface area contributed by atoms with E-state index in [1.165, 1.54) is 17.4 Å². The summed E-state index contributed by atoms with van der Waals surface area (Å²) in [7, 11) is -6.80. The molecule has 1 N–H and O–H groups in total. The van der Waals surface area contributed by atoms with Crippen molar-refractivity contribution >= 4 is 31.8 Å². The van der Waals surface area contributed by atoms with E-state index >= 15 is 0 Å². The highest BCUT2D eigenvalue weighted by Gasteiger charge is 2.58. The van der Waals surface area contributed by atoms with Crippen molar-refractivity contribution < 1.29 is 27.3 Å². The van der Waals surface area contributed by atoms with E-state index in [1.807, 2.05) is 0 Å². The van der Waals surface area contributed by atoms with Crippen molar-refractivity contribution in [1.82, 2.24) is 9.21 Å². The molecule has 0 aromatic rings. The van der Waals surface area contributed by atoms with Gasteiger partial charge in [0.2, 0.25) is 5.91 Å². The van der Waals surface area contributed by atoms with Gasteiger partial charge in [-0.25, -0.2) is 4.21 Å². The molecule has 0 bridgehead atoms. The molecule has 0 atom stereocenters. The average molecular weight is 353 g/mol. The molecular formula is C11H19N3O6S2. The number of amides is 1. The second kappa shape index (κ2) is 5.46. The summed E-state index contributed by atoms with van der Waals surface area (Å²) < 4.78 is 39.9. The molecule has 1 saturated carbocycles. The number of aliphatic carboxylic acids is 1. The fourth-order valence-corrected chi connectivity index (χ4v) is 5.16. The van der Waals surface area contributed by atoms with Gasteiger partial charge in [0.05, 0.1) is 9.73 Å². The largest absolute Gasteiger partial charge is 0.480 e. The van der Waals surface area contributed by atoms with Gasteiger partial charge in [0.25, 0.3) is 0 Å². The number of piperazine rings is 1. The Kier molecular flexibility index (Phi) is 4.26. The van der Waals surface area contributed by atoms with Crippen LogP contribution in [0.15, 0.2) is 3.77 Å². The Labute approximate surface area is 129 Å². The molecule has 9 nitrogen and oxygen atoms in total. The first kappa shape index (κ1) is 17.2. The Morgan fingerprint density at radius 3 is 1.91 bits per heavy atom.